The standard InChI is InChI=1S/C29H26N10O/c1-38-11-13-39(14-12-38)23-9-10-31-27-25(23)34-28(35-27)26-24-22(36-37-26)8-7-21(33-24)19-15-20(17-30-16-19)32-29(40)18-5-3-2-4-6-18/h2-10,15-17H,11-14H2,1H3,(H,32,40)(H,36,37)(H,31,34,35). The van der Waals surface area contributed by atoms with Crippen molar-refractivity contribution in [2.45, 2.75) is 0 Å². The van der Waals surface area contributed by atoms with Crippen LogP contribution in [-0.4, -0.2) is 79.2 Å². The lowest BCUT2D eigenvalue weighted by atomic mass is 10.1. The highest BCUT2D eigenvalue weighted by molar-refractivity contribution is 6.04. The molecule has 1 aliphatic rings. The van der Waals surface area contributed by atoms with Gasteiger partial charge in [-0.2, -0.15) is 5.10 Å². The predicted octanol–water partition coefficient (Wildman–Crippen LogP) is 3.96. The molecule has 11 nitrogen and oxygen atoms in total. The third-order valence-electron chi connectivity index (χ3n) is 7.17. The van der Waals surface area contributed by atoms with E-state index in [9.17, 15) is 4.79 Å². The average molecular weight is 531 g/mol. The van der Waals surface area contributed by atoms with Crippen LogP contribution in [0.1, 0.15) is 10.4 Å². The highest BCUT2D eigenvalue weighted by Crippen LogP contribution is 2.31. The summed E-state index contributed by atoms with van der Waals surface area (Å²) < 4.78 is 0. The van der Waals surface area contributed by atoms with Crippen molar-refractivity contribution in [2.75, 3.05) is 43.4 Å². The predicted molar refractivity (Wildman–Crippen MR) is 154 cm³/mol. The number of aromatic nitrogens is 7. The van der Waals surface area contributed by atoms with Gasteiger partial charge in [-0.15, -0.1) is 0 Å². The fraction of sp³-hybridized carbons (Fsp3) is 0.172. The van der Waals surface area contributed by atoms with Crippen LogP contribution in [0.25, 0.3) is 45.0 Å². The number of hydrogen-bond donors (Lipinski definition) is 3. The van der Waals surface area contributed by atoms with Gasteiger partial charge < -0.3 is 20.1 Å². The zero-order chi connectivity index (χ0) is 27.1. The molecule has 6 aromatic rings. The molecular weight excluding hydrogens is 504 g/mol. The van der Waals surface area contributed by atoms with Crippen molar-refractivity contribution in [1.82, 2.24) is 40.0 Å². The number of carbonyl (C=O) groups is 1. The summed E-state index contributed by atoms with van der Waals surface area (Å²) in [7, 11) is 2.14. The molecule has 7 rings (SSSR count). The summed E-state index contributed by atoms with van der Waals surface area (Å²) in [4.78, 5) is 39.3. The van der Waals surface area contributed by atoms with Crippen LogP contribution in [0, 0.1) is 0 Å². The molecule has 11 heteroatoms. The molecule has 1 saturated heterocycles. The Kier molecular flexibility index (Phi) is 5.90. The summed E-state index contributed by atoms with van der Waals surface area (Å²) >= 11 is 0. The second-order valence-electron chi connectivity index (χ2n) is 9.85. The number of fused-ring (bicyclic) bond motifs is 2. The average Bonchev–Trinajstić information content (AvgIpc) is 3.62. The van der Waals surface area contributed by atoms with Gasteiger partial charge in [-0.05, 0) is 43.4 Å². The van der Waals surface area contributed by atoms with Crippen LogP contribution in [0.3, 0.4) is 0 Å². The molecule has 0 bridgehead atoms. The number of amides is 1. The van der Waals surface area contributed by atoms with Gasteiger partial charge in [0.05, 0.1) is 28.8 Å². The van der Waals surface area contributed by atoms with E-state index in [0.29, 0.717) is 39.6 Å². The van der Waals surface area contributed by atoms with Gasteiger partial charge in [0, 0.05) is 49.7 Å². The second kappa shape index (κ2) is 9.86. The van der Waals surface area contributed by atoms with E-state index in [1.165, 1.54) is 0 Å². The Bertz CT molecular complexity index is 1840. The van der Waals surface area contributed by atoms with Crippen molar-refractivity contribution in [1.29, 1.82) is 0 Å². The van der Waals surface area contributed by atoms with Crippen LogP contribution >= 0.6 is 0 Å². The van der Waals surface area contributed by atoms with Gasteiger partial charge in [-0.1, -0.05) is 18.2 Å². The van der Waals surface area contributed by atoms with Crippen molar-refractivity contribution in [3.8, 4) is 22.8 Å². The number of carbonyl (C=O) groups excluding carboxylic acids is 1. The van der Waals surface area contributed by atoms with E-state index in [4.69, 9.17) is 9.97 Å². The minimum atomic E-state index is -0.200. The van der Waals surface area contributed by atoms with Crippen LogP contribution in [0.15, 0.2) is 73.2 Å². The maximum atomic E-state index is 12.6. The molecule has 0 radical (unpaired) electrons. The summed E-state index contributed by atoms with van der Waals surface area (Å²) in [6.07, 6.45) is 5.14. The minimum Gasteiger partial charge on any atom is -0.367 e. The topological polar surface area (TPSA) is 132 Å². The molecular formula is C29H26N10O. The first-order valence-corrected chi connectivity index (χ1v) is 13.1. The number of rotatable bonds is 5. The summed E-state index contributed by atoms with van der Waals surface area (Å²) in [6, 6.07) is 16.8. The van der Waals surface area contributed by atoms with Crippen LogP contribution in [0.5, 0.6) is 0 Å². The summed E-state index contributed by atoms with van der Waals surface area (Å²) in [5, 5.41) is 10.5. The zero-order valence-electron chi connectivity index (χ0n) is 21.8. The molecule has 1 fully saturated rings. The number of likely N-dealkylation sites (N-methyl/N-ethyl adjacent to an activating group) is 1. The highest BCUT2D eigenvalue weighted by Gasteiger charge is 2.21. The lowest BCUT2D eigenvalue weighted by Gasteiger charge is -2.34. The first-order valence-electron chi connectivity index (χ1n) is 13.1. The van der Waals surface area contributed by atoms with Gasteiger partial charge in [0.15, 0.2) is 17.2 Å². The van der Waals surface area contributed by atoms with E-state index in [1.54, 1.807) is 30.7 Å². The minimum absolute atomic E-state index is 0.200. The normalized spacial score (nSPS) is 14.2. The Morgan fingerprint density at radius 2 is 1.82 bits per heavy atom. The van der Waals surface area contributed by atoms with E-state index in [0.717, 1.165) is 48.5 Å². The first-order chi connectivity index (χ1) is 19.6. The van der Waals surface area contributed by atoms with Crippen molar-refractivity contribution < 1.29 is 4.79 Å². The van der Waals surface area contributed by atoms with Crippen LogP contribution < -0.4 is 10.2 Å². The first kappa shape index (κ1) is 23.9. The number of nitrogens with one attached hydrogen (secondary N) is 3. The molecule has 1 amide bonds. The number of anilines is 2. The lowest BCUT2D eigenvalue weighted by Crippen LogP contribution is -2.44. The maximum Gasteiger partial charge on any atom is 0.255 e. The van der Waals surface area contributed by atoms with Gasteiger partial charge in [0.2, 0.25) is 0 Å². The molecule has 0 aliphatic carbocycles. The molecule has 0 atom stereocenters. The fourth-order valence-electron chi connectivity index (χ4n) is 4.99. The summed E-state index contributed by atoms with van der Waals surface area (Å²) in [6.45, 7) is 3.90. The van der Waals surface area contributed by atoms with Gasteiger partial charge >= 0.3 is 0 Å². The molecule has 1 aliphatic heterocycles. The third kappa shape index (κ3) is 4.41. The molecule has 0 unspecified atom stereocenters. The molecule has 5 aromatic heterocycles. The molecule has 6 heterocycles. The van der Waals surface area contributed by atoms with E-state index in [-0.39, 0.29) is 5.91 Å². The van der Waals surface area contributed by atoms with E-state index in [2.05, 4.69) is 47.3 Å². The van der Waals surface area contributed by atoms with Crippen molar-refractivity contribution in [3.63, 3.8) is 0 Å². The number of benzene rings is 1. The SMILES string of the molecule is CN1CCN(c2ccnc3nc(-c4n[nH]c5ccc(-c6cncc(NC(=O)c7ccccc7)c6)nc45)[nH]c23)CC1. The Hall–Kier alpha value is -5.16. The maximum absolute atomic E-state index is 12.6. The largest absolute Gasteiger partial charge is 0.367 e. The smallest absolute Gasteiger partial charge is 0.255 e. The summed E-state index contributed by atoms with van der Waals surface area (Å²) in [5.41, 5.74) is 7.32. The van der Waals surface area contributed by atoms with Gasteiger partial charge in [0.25, 0.3) is 5.91 Å². The van der Waals surface area contributed by atoms with E-state index < -0.39 is 0 Å². The Balaban J connectivity index is 1.21. The molecule has 1 aromatic carbocycles. The van der Waals surface area contributed by atoms with E-state index >= 15 is 0 Å². The fourth-order valence-corrected chi connectivity index (χ4v) is 4.99. The molecule has 0 saturated carbocycles. The Morgan fingerprint density at radius 3 is 2.67 bits per heavy atom. The van der Waals surface area contributed by atoms with Crippen molar-refractivity contribution in [3.05, 3.63) is 78.8 Å². The van der Waals surface area contributed by atoms with Gasteiger partial charge in [-0.25, -0.2) is 15.0 Å². The van der Waals surface area contributed by atoms with Crippen molar-refractivity contribution in [2.24, 2.45) is 0 Å². The quantitative estimate of drug-likeness (QED) is 0.305. The zero-order valence-corrected chi connectivity index (χ0v) is 21.8. The number of aromatic amines is 2. The molecule has 40 heavy (non-hydrogen) atoms. The number of nitrogens with zero attached hydrogens (tertiary/aromatic N) is 7. The van der Waals surface area contributed by atoms with Crippen LogP contribution in [-0.2, 0) is 0 Å². The van der Waals surface area contributed by atoms with Gasteiger partial charge in [-0.3, -0.25) is 14.9 Å². The molecule has 3 N–H and O–H groups in total. The van der Waals surface area contributed by atoms with Crippen LogP contribution in [0.2, 0.25) is 0 Å². The lowest BCUT2D eigenvalue weighted by molar-refractivity contribution is 0.102. The summed E-state index contributed by atoms with van der Waals surface area (Å²) in [5.74, 6) is 0.400. The van der Waals surface area contributed by atoms with Crippen molar-refractivity contribution >= 4 is 39.5 Å². The number of hydrogen-bond acceptors (Lipinski definition) is 8. The number of pyridine rings is 3. The monoisotopic (exact) mass is 530 g/mol. The second-order valence-corrected chi connectivity index (χ2v) is 9.85. The number of piperazine rings is 1. The molecule has 198 valence electrons. The Labute approximate surface area is 229 Å². The highest BCUT2D eigenvalue weighted by atomic mass is 16.1. The van der Waals surface area contributed by atoms with E-state index in [1.807, 2.05) is 42.5 Å². The number of H-pyrrole nitrogens is 2. The molecule has 0 spiro atoms. The van der Waals surface area contributed by atoms with Gasteiger partial charge in [0.1, 0.15) is 11.0 Å². The van der Waals surface area contributed by atoms with Crippen LogP contribution in [0.4, 0.5) is 11.4 Å². The number of imidazole rings is 1. The third-order valence-corrected chi connectivity index (χ3v) is 7.17. The Morgan fingerprint density at radius 1 is 0.975 bits per heavy atom.